The first kappa shape index (κ1) is 16.5. The fourth-order valence-electron chi connectivity index (χ4n) is 2.97. The third-order valence-corrected chi connectivity index (χ3v) is 4.55. The maximum absolute atomic E-state index is 9.04. The van der Waals surface area contributed by atoms with Crippen LogP contribution in [0.1, 0.15) is 31.2 Å². The van der Waals surface area contributed by atoms with Crippen molar-refractivity contribution in [2.45, 2.75) is 39.2 Å². The van der Waals surface area contributed by atoms with Crippen LogP contribution in [-0.4, -0.2) is 59.3 Å². The average Bonchev–Trinajstić information content (AvgIpc) is 2.47. The van der Waals surface area contributed by atoms with Gasteiger partial charge in [-0.25, -0.2) is 9.97 Å². The molecule has 2 heterocycles. The van der Waals surface area contributed by atoms with Crippen molar-refractivity contribution in [3.05, 3.63) is 16.5 Å². The number of piperidine rings is 1. The zero-order chi connectivity index (χ0) is 15.4. The number of halogens is 1. The van der Waals surface area contributed by atoms with Gasteiger partial charge in [0.15, 0.2) is 0 Å². The fraction of sp³-hybridized carbons (Fsp3) is 0.733. The van der Waals surface area contributed by atoms with E-state index in [1.165, 1.54) is 0 Å². The molecule has 5 nitrogen and oxygen atoms in total. The number of aliphatic hydroxyl groups is 1. The van der Waals surface area contributed by atoms with Crippen LogP contribution in [0.4, 0.5) is 5.82 Å². The number of nitrogens with zero attached hydrogens (tertiary/aromatic N) is 4. The number of aryl methyl sites for hydroxylation is 1. The van der Waals surface area contributed by atoms with E-state index in [4.69, 9.17) is 16.7 Å². The van der Waals surface area contributed by atoms with E-state index in [1.807, 2.05) is 6.92 Å². The third kappa shape index (κ3) is 3.84. The first-order valence-electron chi connectivity index (χ1n) is 7.65. The summed E-state index contributed by atoms with van der Waals surface area (Å²) in [4.78, 5) is 13.4. The minimum absolute atomic E-state index is 0.220. The highest BCUT2D eigenvalue weighted by molar-refractivity contribution is 6.30. The molecule has 1 saturated heterocycles. The predicted octanol–water partition coefficient (Wildman–Crippen LogP) is 1.89. The standard InChI is InChI=1S/C15H25ClN4O/c1-4-13-14(16)17-11(2)18-15(13)20-7-5-12(6-8-20)19(3)9-10-21/h12,21H,4-10H2,1-3H3. The van der Waals surface area contributed by atoms with E-state index >= 15 is 0 Å². The summed E-state index contributed by atoms with van der Waals surface area (Å²) in [5, 5.41) is 9.63. The summed E-state index contributed by atoms with van der Waals surface area (Å²) in [7, 11) is 2.08. The second-order valence-corrected chi connectivity index (χ2v) is 6.00. The highest BCUT2D eigenvalue weighted by Gasteiger charge is 2.25. The second kappa shape index (κ2) is 7.38. The third-order valence-electron chi connectivity index (χ3n) is 4.24. The van der Waals surface area contributed by atoms with Gasteiger partial charge < -0.3 is 14.9 Å². The first-order valence-corrected chi connectivity index (χ1v) is 8.03. The summed E-state index contributed by atoms with van der Waals surface area (Å²) >= 11 is 6.26. The van der Waals surface area contributed by atoms with Gasteiger partial charge in [0.2, 0.25) is 0 Å². The van der Waals surface area contributed by atoms with Gasteiger partial charge in [-0.05, 0) is 33.2 Å². The van der Waals surface area contributed by atoms with Gasteiger partial charge in [-0.1, -0.05) is 18.5 Å². The Labute approximate surface area is 131 Å². The Hall–Kier alpha value is -0.910. The molecular formula is C15H25ClN4O. The highest BCUT2D eigenvalue weighted by atomic mass is 35.5. The molecule has 0 unspecified atom stereocenters. The minimum atomic E-state index is 0.220. The largest absolute Gasteiger partial charge is 0.395 e. The Kier molecular flexibility index (Phi) is 5.79. The Morgan fingerprint density at radius 3 is 2.57 bits per heavy atom. The van der Waals surface area contributed by atoms with Crippen LogP contribution < -0.4 is 4.90 Å². The summed E-state index contributed by atoms with van der Waals surface area (Å²) in [6.45, 7) is 6.88. The lowest BCUT2D eigenvalue weighted by molar-refractivity contribution is 0.161. The van der Waals surface area contributed by atoms with Crippen LogP contribution in [0, 0.1) is 6.92 Å². The molecule has 0 atom stereocenters. The minimum Gasteiger partial charge on any atom is -0.395 e. The van der Waals surface area contributed by atoms with Gasteiger partial charge in [0.25, 0.3) is 0 Å². The molecule has 0 spiro atoms. The van der Waals surface area contributed by atoms with Gasteiger partial charge in [0.05, 0.1) is 6.61 Å². The van der Waals surface area contributed by atoms with E-state index in [-0.39, 0.29) is 6.61 Å². The molecule has 2 rings (SSSR count). The Morgan fingerprint density at radius 1 is 1.33 bits per heavy atom. The molecule has 1 aromatic heterocycles. The molecule has 0 aromatic carbocycles. The number of hydrogen-bond donors (Lipinski definition) is 1. The van der Waals surface area contributed by atoms with E-state index in [1.54, 1.807) is 0 Å². The quantitative estimate of drug-likeness (QED) is 0.842. The zero-order valence-corrected chi connectivity index (χ0v) is 13.9. The maximum Gasteiger partial charge on any atom is 0.138 e. The molecule has 6 heteroatoms. The van der Waals surface area contributed by atoms with Crippen LogP contribution in [0.3, 0.4) is 0 Å². The summed E-state index contributed by atoms with van der Waals surface area (Å²) in [6.07, 6.45) is 3.01. The number of rotatable bonds is 5. The Bertz CT molecular complexity index is 475. The summed E-state index contributed by atoms with van der Waals surface area (Å²) in [6, 6.07) is 0.539. The van der Waals surface area contributed by atoms with E-state index in [0.717, 1.165) is 56.1 Å². The maximum atomic E-state index is 9.04. The SMILES string of the molecule is CCc1c(Cl)nc(C)nc1N1CCC(N(C)CCO)CC1. The number of anilines is 1. The Balaban J connectivity index is 2.09. The molecule has 1 N–H and O–H groups in total. The van der Waals surface area contributed by atoms with Crippen LogP contribution in [0.15, 0.2) is 0 Å². The van der Waals surface area contributed by atoms with Crippen LogP contribution >= 0.6 is 11.6 Å². The lowest BCUT2D eigenvalue weighted by atomic mass is 10.0. The summed E-state index contributed by atoms with van der Waals surface area (Å²) in [5.74, 6) is 1.73. The van der Waals surface area contributed by atoms with Crippen molar-refractivity contribution in [1.29, 1.82) is 0 Å². The lowest BCUT2D eigenvalue weighted by Crippen LogP contribution is -2.44. The molecule has 118 valence electrons. The van der Waals surface area contributed by atoms with E-state index in [9.17, 15) is 0 Å². The number of aromatic nitrogens is 2. The predicted molar refractivity (Wildman–Crippen MR) is 86.1 cm³/mol. The van der Waals surface area contributed by atoms with Gasteiger partial charge in [-0.2, -0.15) is 0 Å². The molecule has 1 aliphatic heterocycles. The van der Waals surface area contributed by atoms with E-state index in [0.29, 0.717) is 11.2 Å². The van der Waals surface area contributed by atoms with Crippen molar-refractivity contribution >= 4 is 17.4 Å². The average molecular weight is 313 g/mol. The van der Waals surface area contributed by atoms with E-state index < -0.39 is 0 Å². The normalized spacial score (nSPS) is 16.8. The van der Waals surface area contributed by atoms with Crippen molar-refractivity contribution in [3.63, 3.8) is 0 Å². The molecule has 0 amide bonds. The molecular weight excluding hydrogens is 288 g/mol. The van der Waals surface area contributed by atoms with E-state index in [2.05, 4.69) is 33.7 Å². The topological polar surface area (TPSA) is 52.5 Å². The van der Waals surface area contributed by atoms with Crippen molar-refractivity contribution in [1.82, 2.24) is 14.9 Å². The molecule has 1 aliphatic rings. The molecule has 0 saturated carbocycles. The van der Waals surface area contributed by atoms with Crippen LogP contribution in [-0.2, 0) is 6.42 Å². The highest BCUT2D eigenvalue weighted by Crippen LogP contribution is 2.28. The molecule has 1 aromatic rings. The van der Waals surface area contributed by atoms with Crippen molar-refractivity contribution in [3.8, 4) is 0 Å². The smallest absolute Gasteiger partial charge is 0.138 e. The monoisotopic (exact) mass is 312 g/mol. The summed E-state index contributed by atoms with van der Waals surface area (Å²) in [5.41, 5.74) is 1.05. The van der Waals surface area contributed by atoms with Crippen molar-refractivity contribution in [2.75, 3.05) is 38.2 Å². The van der Waals surface area contributed by atoms with Gasteiger partial charge >= 0.3 is 0 Å². The van der Waals surface area contributed by atoms with Gasteiger partial charge in [-0.3, -0.25) is 0 Å². The molecule has 0 bridgehead atoms. The zero-order valence-electron chi connectivity index (χ0n) is 13.1. The van der Waals surface area contributed by atoms with Gasteiger partial charge in [-0.15, -0.1) is 0 Å². The van der Waals surface area contributed by atoms with Crippen LogP contribution in [0.2, 0.25) is 5.15 Å². The number of hydrogen-bond acceptors (Lipinski definition) is 5. The molecule has 0 aliphatic carbocycles. The first-order chi connectivity index (χ1) is 10.1. The number of likely N-dealkylation sites (N-methyl/N-ethyl adjacent to an activating group) is 1. The molecule has 0 radical (unpaired) electrons. The second-order valence-electron chi connectivity index (χ2n) is 5.64. The summed E-state index contributed by atoms with van der Waals surface area (Å²) < 4.78 is 0. The Morgan fingerprint density at radius 2 is 2.00 bits per heavy atom. The fourth-order valence-corrected chi connectivity index (χ4v) is 3.31. The van der Waals surface area contributed by atoms with Gasteiger partial charge in [0, 0.05) is 31.2 Å². The van der Waals surface area contributed by atoms with Crippen molar-refractivity contribution < 1.29 is 5.11 Å². The van der Waals surface area contributed by atoms with Crippen LogP contribution in [0.25, 0.3) is 0 Å². The van der Waals surface area contributed by atoms with Crippen LogP contribution in [0.5, 0.6) is 0 Å². The van der Waals surface area contributed by atoms with Crippen molar-refractivity contribution in [2.24, 2.45) is 0 Å². The molecule has 21 heavy (non-hydrogen) atoms. The lowest BCUT2D eigenvalue weighted by Gasteiger charge is -2.37. The molecule has 1 fully saturated rings. The number of aliphatic hydroxyl groups excluding tert-OH is 1. The van der Waals surface area contributed by atoms with Gasteiger partial charge in [0.1, 0.15) is 16.8 Å².